The van der Waals surface area contributed by atoms with Crippen molar-refractivity contribution >= 4 is 5.91 Å². The Morgan fingerprint density at radius 3 is 2.50 bits per heavy atom. The summed E-state index contributed by atoms with van der Waals surface area (Å²) in [6.07, 6.45) is 0. The van der Waals surface area contributed by atoms with Crippen molar-refractivity contribution in [3.8, 4) is 0 Å². The average Bonchev–Trinajstić information content (AvgIpc) is 2.24. The summed E-state index contributed by atoms with van der Waals surface area (Å²) in [5, 5.41) is 0. The molecule has 0 aromatic rings. The van der Waals surface area contributed by atoms with E-state index in [2.05, 4.69) is 32.6 Å². The third-order valence-corrected chi connectivity index (χ3v) is 3.48. The highest BCUT2D eigenvalue weighted by molar-refractivity contribution is 5.73. The van der Waals surface area contributed by atoms with Crippen molar-refractivity contribution in [2.24, 2.45) is 5.92 Å². The maximum Gasteiger partial charge on any atom is 0.219 e. The van der Waals surface area contributed by atoms with Gasteiger partial charge in [-0.15, -0.1) is 0 Å². The first-order chi connectivity index (χ1) is 8.33. The van der Waals surface area contributed by atoms with Gasteiger partial charge in [0.15, 0.2) is 0 Å². The molecule has 0 saturated carbocycles. The molecule has 0 bridgehead atoms. The van der Waals surface area contributed by atoms with E-state index >= 15 is 0 Å². The molecule has 0 aromatic heterocycles. The van der Waals surface area contributed by atoms with Crippen LogP contribution in [0.25, 0.3) is 0 Å². The lowest BCUT2D eigenvalue weighted by Crippen LogP contribution is -2.60. The fraction of sp³-hybridized carbons (Fsp3) is 0.929. The molecule has 1 aliphatic rings. The van der Waals surface area contributed by atoms with Crippen LogP contribution in [0, 0.1) is 5.92 Å². The minimum absolute atomic E-state index is 0.0467. The summed E-state index contributed by atoms with van der Waals surface area (Å²) in [6.45, 7) is 15.5. The Hall–Kier alpha value is -0.610. The molecule has 1 aliphatic heterocycles. The van der Waals surface area contributed by atoms with Crippen LogP contribution in [-0.4, -0.2) is 60.6 Å². The number of carbonyl (C=O) groups excluding carboxylic acids is 1. The van der Waals surface area contributed by atoms with Gasteiger partial charge in [0.25, 0.3) is 0 Å². The van der Waals surface area contributed by atoms with E-state index in [1.54, 1.807) is 6.92 Å². The van der Waals surface area contributed by atoms with Crippen LogP contribution in [0.2, 0.25) is 0 Å². The maximum atomic E-state index is 11.4. The lowest BCUT2D eigenvalue weighted by molar-refractivity contribution is -0.134. The second kappa shape index (κ2) is 6.53. The second-order valence-electron chi connectivity index (χ2n) is 6.21. The van der Waals surface area contributed by atoms with Crippen molar-refractivity contribution < 1.29 is 9.53 Å². The average molecular weight is 256 g/mol. The Labute approximate surface area is 111 Å². The zero-order valence-electron chi connectivity index (χ0n) is 12.5. The quantitative estimate of drug-likeness (QED) is 0.701. The molecule has 4 nitrogen and oxygen atoms in total. The summed E-state index contributed by atoms with van der Waals surface area (Å²) in [7, 11) is 0. The molecule has 1 heterocycles. The summed E-state index contributed by atoms with van der Waals surface area (Å²) in [5.74, 6) is 0.770. The summed E-state index contributed by atoms with van der Waals surface area (Å²) >= 11 is 0. The number of piperazine rings is 1. The van der Waals surface area contributed by atoms with Gasteiger partial charge in [-0.1, -0.05) is 13.8 Å². The van der Waals surface area contributed by atoms with Gasteiger partial charge in [0.2, 0.25) is 5.91 Å². The molecule has 0 atom stereocenters. The van der Waals surface area contributed by atoms with Crippen LogP contribution in [0.4, 0.5) is 0 Å². The van der Waals surface area contributed by atoms with Gasteiger partial charge in [-0.25, -0.2) is 0 Å². The Bertz CT molecular complexity index is 277. The van der Waals surface area contributed by atoms with Crippen LogP contribution < -0.4 is 0 Å². The summed E-state index contributed by atoms with van der Waals surface area (Å²) in [5.41, 5.74) is 0.0467. The van der Waals surface area contributed by atoms with Crippen LogP contribution in [0.15, 0.2) is 0 Å². The Morgan fingerprint density at radius 1 is 1.33 bits per heavy atom. The first-order valence-electron chi connectivity index (χ1n) is 6.91. The van der Waals surface area contributed by atoms with Crippen LogP contribution in [-0.2, 0) is 9.53 Å². The van der Waals surface area contributed by atoms with Crippen LogP contribution in [0.1, 0.15) is 34.6 Å². The number of rotatable bonds is 5. The number of amides is 1. The van der Waals surface area contributed by atoms with Crippen LogP contribution >= 0.6 is 0 Å². The molecule has 0 unspecified atom stereocenters. The zero-order valence-corrected chi connectivity index (χ0v) is 12.5. The smallest absolute Gasteiger partial charge is 0.219 e. The largest absolute Gasteiger partial charge is 0.380 e. The van der Waals surface area contributed by atoms with Gasteiger partial charge >= 0.3 is 0 Å². The number of hydrogen-bond acceptors (Lipinski definition) is 3. The van der Waals surface area contributed by atoms with Gasteiger partial charge < -0.3 is 9.64 Å². The molecular weight excluding hydrogens is 228 g/mol. The first kappa shape index (κ1) is 15.4. The highest BCUT2D eigenvalue weighted by Crippen LogP contribution is 2.20. The highest BCUT2D eigenvalue weighted by atomic mass is 16.5. The van der Waals surface area contributed by atoms with E-state index in [9.17, 15) is 4.79 Å². The molecule has 0 aromatic carbocycles. The van der Waals surface area contributed by atoms with Crippen molar-refractivity contribution in [3.63, 3.8) is 0 Å². The number of nitrogens with zero attached hydrogens (tertiary/aromatic N) is 2. The number of hydrogen-bond donors (Lipinski definition) is 0. The van der Waals surface area contributed by atoms with Gasteiger partial charge in [0.05, 0.1) is 6.61 Å². The third kappa shape index (κ3) is 4.58. The number of carbonyl (C=O) groups is 1. The normalized spacial score (nSPS) is 20.4. The molecule has 0 N–H and O–H groups in total. The van der Waals surface area contributed by atoms with Crippen molar-refractivity contribution in [3.05, 3.63) is 0 Å². The van der Waals surface area contributed by atoms with Crippen molar-refractivity contribution in [2.45, 2.75) is 40.2 Å². The van der Waals surface area contributed by atoms with Gasteiger partial charge in [-0.2, -0.15) is 0 Å². The third-order valence-electron chi connectivity index (χ3n) is 3.48. The van der Waals surface area contributed by atoms with Gasteiger partial charge in [-0.3, -0.25) is 9.69 Å². The molecule has 0 aliphatic carbocycles. The fourth-order valence-electron chi connectivity index (χ4n) is 2.37. The molecule has 1 saturated heterocycles. The van der Waals surface area contributed by atoms with E-state index in [0.717, 1.165) is 39.4 Å². The predicted octanol–water partition coefficient (Wildman–Crippen LogP) is 1.60. The van der Waals surface area contributed by atoms with E-state index < -0.39 is 0 Å². The molecule has 0 spiro atoms. The summed E-state index contributed by atoms with van der Waals surface area (Å²) in [4.78, 5) is 15.8. The van der Waals surface area contributed by atoms with Crippen LogP contribution in [0.5, 0.6) is 0 Å². The second-order valence-corrected chi connectivity index (χ2v) is 6.21. The summed E-state index contributed by atoms with van der Waals surface area (Å²) < 4.78 is 5.64. The lowest BCUT2D eigenvalue weighted by atomic mass is 9.99. The van der Waals surface area contributed by atoms with E-state index in [-0.39, 0.29) is 11.4 Å². The fourth-order valence-corrected chi connectivity index (χ4v) is 2.37. The summed E-state index contributed by atoms with van der Waals surface area (Å²) in [6, 6.07) is 0. The predicted molar refractivity (Wildman–Crippen MR) is 73.6 cm³/mol. The molecule has 1 rings (SSSR count). The van der Waals surface area contributed by atoms with Gasteiger partial charge in [0.1, 0.15) is 0 Å². The molecule has 106 valence electrons. The Kier molecular flexibility index (Phi) is 5.60. The molecule has 4 heteroatoms. The van der Waals surface area contributed by atoms with E-state index in [1.807, 2.05) is 4.90 Å². The van der Waals surface area contributed by atoms with Crippen molar-refractivity contribution in [1.29, 1.82) is 0 Å². The SMILES string of the molecule is CC(=O)N1CCN(CCOCC(C)C)C(C)(C)C1. The van der Waals surface area contributed by atoms with Gasteiger partial charge in [-0.05, 0) is 19.8 Å². The first-order valence-corrected chi connectivity index (χ1v) is 6.91. The highest BCUT2D eigenvalue weighted by Gasteiger charge is 2.34. The van der Waals surface area contributed by atoms with Crippen LogP contribution in [0.3, 0.4) is 0 Å². The Balaban J connectivity index is 2.36. The van der Waals surface area contributed by atoms with E-state index in [1.165, 1.54) is 0 Å². The molecule has 18 heavy (non-hydrogen) atoms. The topological polar surface area (TPSA) is 32.8 Å². The standard InChI is InChI=1S/C14H28N2O2/c1-12(2)10-18-9-8-16-7-6-15(13(3)17)11-14(16,4)5/h12H,6-11H2,1-5H3. The number of ether oxygens (including phenoxy) is 1. The monoisotopic (exact) mass is 256 g/mol. The minimum Gasteiger partial charge on any atom is -0.380 e. The van der Waals surface area contributed by atoms with Gasteiger partial charge in [0, 0.05) is 45.2 Å². The molecule has 0 radical (unpaired) electrons. The molecule has 1 fully saturated rings. The lowest BCUT2D eigenvalue weighted by Gasteiger charge is -2.47. The molecular formula is C14H28N2O2. The zero-order chi connectivity index (χ0) is 13.8. The van der Waals surface area contributed by atoms with E-state index in [4.69, 9.17) is 4.74 Å². The van der Waals surface area contributed by atoms with Crippen molar-refractivity contribution in [2.75, 3.05) is 39.4 Å². The van der Waals surface area contributed by atoms with Crippen molar-refractivity contribution in [1.82, 2.24) is 9.80 Å². The Morgan fingerprint density at radius 2 is 2.00 bits per heavy atom. The minimum atomic E-state index is 0.0467. The molecule has 1 amide bonds. The van der Waals surface area contributed by atoms with E-state index in [0.29, 0.717) is 5.92 Å². The maximum absolute atomic E-state index is 11.4.